The predicted octanol–water partition coefficient (Wildman–Crippen LogP) is 2.72. The lowest BCUT2D eigenvalue weighted by molar-refractivity contribution is 1.21. The first-order valence-corrected chi connectivity index (χ1v) is 4.82. The molecule has 0 aliphatic rings. The molecule has 0 saturated carbocycles. The van der Waals surface area contributed by atoms with Gasteiger partial charge in [-0.05, 0) is 5.75 Å². The van der Waals surface area contributed by atoms with Gasteiger partial charge in [-0.1, -0.05) is 18.5 Å². The molecular formula is C8H7ClN2S. The highest BCUT2D eigenvalue weighted by Gasteiger charge is 2.05. The van der Waals surface area contributed by atoms with Gasteiger partial charge in [-0.3, -0.25) is 4.98 Å². The van der Waals surface area contributed by atoms with Crippen molar-refractivity contribution in [2.75, 3.05) is 5.75 Å². The number of thioether (sulfide) groups is 1. The minimum absolute atomic E-state index is 0.427. The molecule has 12 heavy (non-hydrogen) atoms. The Bertz CT molecular complexity index is 319. The Labute approximate surface area is 80.6 Å². The molecule has 0 fully saturated rings. The topological polar surface area (TPSA) is 36.7 Å². The second-order valence-electron chi connectivity index (χ2n) is 2.04. The summed E-state index contributed by atoms with van der Waals surface area (Å²) in [6, 6.07) is 2.06. The smallest absolute Gasteiger partial charge is 0.102 e. The fourth-order valence-corrected chi connectivity index (χ4v) is 1.79. The van der Waals surface area contributed by atoms with Crippen molar-refractivity contribution in [1.82, 2.24) is 4.98 Å². The van der Waals surface area contributed by atoms with E-state index in [9.17, 15) is 0 Å². The highest BCUT2D eigenvalue weighted by Crippen LogP contribution is 2.25. The summed E-state index contributed by atoms with van der Waals surface area (Å²) in [4.78, 5) is 4.76. The van der Waals surface area contributed by atoms with Crippen molar-refractivity contribution in [3.8, 4) is 6.07 Å². The van der Waals surface area contributed by atoms with Crippen LogP contribution >= 0.6 is 23.4 Å². The molecule has 0 amide bonds. The summed E-state index contributed by atoms with van der Waals surface area (Å²) in [5.41, 5.74) is 0.526. The summed E-state index contributed by atoms with van der Waals surface area (Å²) in [5.74, 6) is 0.913. The Morgan fingerprint density at radius 2 is 2.42 bits per heavy atom. The van der Waals surface area contributed by atoms with Gasteiger partial charge < -0.3 is 0 Å². The van der Waals surface area contributed by atoms with Crippen LogP contribution in [0.2, 0.25) is 5.02 Å². The number of hydrogen-bond acceptors (Lipinski definition) is 3. The first-order valence-electron chi connectivity index (χ1n) is 3.46. The van der Waals surface area contributed by atoms with Crippen LogP contribution in [0.25, 0.3) is 0 Å². The van der Waals surface area contributed by atoms with Crippen LogP contribution in [0.3, 0.4) is 0 Å². The van der Waals surface area contributed by atoms with Crippen molar-refractivity contribution in [3.63, 3.8) is 0 Å². The van der Waals surface area contributed by atoms with Gasteiger partial charge in [0.25, 0.3) is 0 Å². The number of rotatable bonds is 2. The van der Waals surface area contributed by atoms with E-state index in [-0.39, 0.29) is 0 Å². The quantitative estimate of drug-likeness (QED) is 0.686. The molecular weight excluding hydrogens is 192 g/mol. The van der Waals surface area contributed by atoms with E-state index in [1.165, 1.54) is 6.20 Å². The molecule has 1 aromatic heterocycles. The molecule has 0 bridgehead atoms. The Kier molecular flexibility index (Phi) is 3.39. The highest BCUT2D eigenvalue weighted by atomic mass is 35.5. The van der Waals surface area contributed by atoms with Gasteiger partial charge in [0.15, 0.2) is 0 Å². The molecule has 0 aromatic carbocycles. The second-order valence-corrected chi connectivity index (χ2v) is 3.75. The predicted molar refractivity (Wildman–Crippen MR) is 50.4 cm³/mol. The van der Waals surface area contributed by atoms with Crippen molar-refractivity contribution < 1.29 is 0 Å². The summed E-state index contributed by atoms with van der Waals surface area (Å²) >= 11 is 7.34. The molecule has 0 saturated heterocycles. The SMILES string of the molecule is CCSc1cncc(Cl)c1C#N. The Morgan fingerprint density at radius 1 is 1.67 bits per heavy atom. The molecule has 0 aliphatic carbocycles. The lowest BCUT2D eigenvalue weighted by atomic mass is 10.3. The number of aromatic nitrogens is 1. The number of nitrogens with zero attached hydrogens (tertiary/aromatic N) is 2. The first kappa shape index (κ1) is 9.37. The molecule has 1 heterocycles. The number of hydrogen-bond donors (Lipinski definition) is 0. The minimum Gasteiger partial charge on any atom is -0.262 e. The zero-order valence-corrected chi connectivity index (χ0v) is 8.11. The van der Waals surface area contributed by atoms with Gasteiger partial charge in [0, 0.05) is 17.3 Å². The van der Waals surface area contributed by atoms with Gasteiger partial charge >= 0.3 is 0 Å². The van der Waals surface area contributed by atoms with Crippen LogP contribution in [0.5, 0.6) is 0 Å². The molecule has 1 rings (SSSR count). The van der Waals surface area contributed by atoms with Gasteiger partial charge in [-0.15, -0.1) is 11.8 Å². The molecule has 0 spiro atoms. The van der Waals surface area contributed by atoms with Crippen molar-refractivity contribution in [1.29, 1.82) is 5.26 Å². The Morgan fingerprint density at radius 3 is 3.00 bits per heavy atom. The van der Waals surface area contributed by atoms with Gasteiger partial charge in [0.05, 0.1) is 10.6 Å². The number of halogens is 1. The fraction of sp³-hybridized carbons (Fsp3) is 0.250. The van der Waals surface area contributed by atoms with Gasteiger partial charge in [-0.2, -0.15) is 5.26 Å². The molecule has 1 aromatic rings. The van der Waals surface area contributed by atoms with Gasteiger partial charge in [-0.25, -0.2) is 0 Å². The van der Waals surface area contributed by atoms with Crippen LogP contribution in [-0.4, -0.2) is 10.7 Å². The largest absolute Gasteiger partial charge is 0.262 e. The van der Waals surface area contributed by atoms with Gasteiger partial charge in [0.1, 0.15) is 6.07 Å². The summed E-state index contributed by atoms with van der Waals surface area (Å²) < 4.78 is 0. The molecule has 0 aliphatic heterocycles. The van der Waals surface area contributed by atoms with Crippen LogP contribution in [0.1, 0.15) is 12.5 Å². The summed E-state index contributed by atoms with van der Waals surface area (Å²) in [5, 5.41) is 9.18. The van der Waals surface area contributed by atoms with E-state index in [1.54, 1.807) is 18.0 Å². The molecule has 0 unspecified atom stereocenters. The molecule has 0 N–H and O–H groups in total. The third-order valence-corrected chi connectivity index (χ3v) is 2.47. The number of pyridine rings is 1. The van der Waals surface area contributed by atoms with Crippen LogP contribution in [0.4, 0.5) is 0 Å². The molecule has 0 atom stereocenters. The zero-order chi connectivity index (χ0) is 8.97. The summed E-state index contributed by atoms with van der Waals surface area (Å²) in [6.07, 6.45) is 3.15. The van der Waals surface area contributed by atoms with E-state index < -0.39 is 0 Å². The van der Waals surface area contributed by atoms with Crippen LogP contribution in [-0.2, 0) is 0 Å². The van der Waals surface area contributed by atoms with Crippen molar-refractivity contribution in [2.24, 2.45) is 0 Å². The molecule has 62 valence electrons. The molecule has 0 radical (unpaired) electrons. The maximum Gasteiger partial charge on any atom is 0.102 e. The van der Waals surface area contributed by atoms with Crippen LogP contribution in [0, 0.1) is 11.3 Å². The highest BCUT2D eigenvalue weighted by molar-refractivity contribution is 7.99. The van der Waals surface area contributed by atoms with Gasteiger partial charge in [0.2, 0.25) is 0 Å². The van der Waals surface area contributed by atoms with Crippen molar-refractivity contribution in [3.05, 3.63) is 23.0 Å². The first-order chi connectivity index (χ1) is 5.79. The second kappa shape index (κ2) is 4.34. The van der Waals surface area contributed by atoms with E-state index in [0.29, 0.717) is 10.6 Å². The Hall–Kier alpha value is -0.720. The van der Waals surface area contributed by atoms with E-state index in [0.717, 1.165) is 10.6 Å². The third kappa shape index (κ3) is 1.90. The normalized spacial score (nSPS) is 9.42. The Balaban J connectivity index is 3.11. The molecule has 4 heteroatoms. The summed E-state index contributed by atoms with van der Waals surface area (Å²) in [6.45, 7) is 2.02. The van der Waals surface area contributed by atoms with E-state index in [4.69, 9.17) is 16.9 Å². The minimum atomic E-state index is 0.427. The fourth-order valence-electron chi connectivity index (χ4n) is 0.791. The van der Waals surface area contributed by atoms with E-state index >= 15 is 0 Å². The molecule has 2 nitrogen and oxygen atoms in total. The third-order valence-electron chi connectivity index (χ3n) is 1.28. The van der Waals surface area contributed by atoms with E-state index in [1.807, 2.05) is 6.92 Å². The lowest BCUT2D eigenvalue weighted by Crippen LogP contribution is -1.85. The number of nitriles is 1. The average molecular weight is 199 g/mol. The zero-order valence-electron chi connectivity index (χ0n) is 6.54. The van der Waals surface area contributed by atoms with Crippen LogP contribution in [0.15, 0.2) is 17.3 Å². The standard InChI is InChI=1S/C8H7ClN2S/c1-2-12-8-5-11-4-7(9)6(8)3-10/h4-5H,2H2,1H3. The maximum atomic E-state index is 8.75. The summed E-state index contributed by atoms with van der Waals surface area (Å²) in [7, 11) is 0. The average Bonchev–Trinajstić information content (AvgIpc) is 2.05. The van der Waals surface area contributed by atoms with E-state index in [2.05, 4.69) is 11.1 Å². The van der Waals surface area contributed by atoms with Crippen LogP contribution < -0.4 is 0 Å². The maximum absolute atomic E-state index is 8.75. The lowest BCUT2D eigenvalue weighted by Gasteiger charge is -2.00. The monoisotopic (exact) mass is 198 g/mol. The van der Waals surface area contributed by atoms with Crippen molar-refractivity contribution in [2.45, 2.75) is 11.8 Å². The van der Waals surface area contributed by atoms with Crippen molar-refractivity contribution >= 4 is 23.4 Å².